The smallest absolute Gasteiger partial charge is 0.357 e. The van der Waals surface area contributed by atoms with Crippen LogP contribution in [0.25, 0.3) is 0 Å². The van der Waals surface area contributed by atoms with Crippen LogP contribution in [0.1, 0.15) is 81.3 Å². The summed E-state index contributed by atoms with van der Waals surface area (Å²) in [5.41, 5.74) is 1.43. The van der Waals surface area contributed by atoms with Crippen molar-refractivity contribution in [2.45, 2.75) is 71.6 Å². The van der Waals surface area contributed by atoms with Crippen molar-refractivity contribution < 1.29 is 9.53 Å². The molecule has 3 heteroatoms. The van der Waals surface area contributed by atoms with E-state index >= 15 is 0 Å². The minimum absolute atomic E-state index is 0.282. The Morgan fingerprint density at radius 3 is 2.38 bits per heavy atom. The molecule has 1 aromatic rings. The molecule has 0 aliphatic carbocycles. The topological polar surface area (TPSA) is 39.2 Å². The van der Waals surface area contributed by atoms with E-state index in [1.165, 1.54) is 38.5 Å². The minimum Gasteiger partial charge on any atom is -0.461 e. The van der Waals surface area contributed by atoms with Gasteiger partial charge in [0.25, 0.3) is 0 Å². The summed E-state index contributed by atoms with van der Waals surface area (Å²) < 4.78 is 5.31. The standard InChI is InChI=1S/C18H29NO2/c1-3-5-6-7-8-9-10-11-15-21-18(20)17-16(4-2)13-12-14-19-17/h12-14H,3-11,15H2,1-2H3. The molecule has 0 bridgehead atoms. The van der Waals surface area contributed by atoms with Crippen LogP contribution in [0.4, 0.5) is 0 Å². The normalized spacial score (nSPS) is 10.6. The minimum atomic E-state index is -0.282. The van der Waals surface area contributed by atoms with Crippen LogP contribution in [0.3, 0.4) is 0 Å². The Morgan fingerprint density at radius 1 is 1.05 bits per heavy atom. The number of hydrogen-bond acceptors (Lipinski definition) is 3. The molecule has 0 radical (unpaired) electrons. The van der Waals surface area contributed by atoms with Crippen LogP contribution < -0.4 is 0 Å². The zero-order valence-electron chi connectivity index (χ0n) is 13.6. The lowest BCUT2D eigenvalue weighted by Crippen LogP contribution is -2.11. The summed E-state index contributed by atoms with van der Waals surface area (Å²) in [6, 6.07) is 3.79. The number of aromatic nitrogens is 1. The number of ether oxygens (including phenoxy) is 1. The maximum atomic E-state index is 11.9. The first-order valence-electron chi connectivity index (χ1n) is 8.40. The molecular formula is C18H29NO2. The zero-order valence-corrected chi connectivity index (χ0v) is 13.6. The fourth-order valence-corrected chi connectivity index (χ4v) is 2.38. The summed E-state index contributed by atoms with van der Waals surface area (Å²) in [7, 11) is 0. The Kier molecular flexibility index (Phi) is 9.51. The van der Waals surface area contributed by atoms with E-state index in [2.05, 4.69) is 11.9 Å². The molecule has 0 aromatic carbocycles. The highest BCUT2D eigenvalue weighted by Gasteiger charge is 2.12. The molecule has 0 saturated heterocycles. The van der Waals surface area contributed by atoms with Crippen molar-refractivity contribution in [3.05, 3.63) is 29.6 Å². The van der Waals surface area contributed by atoms with Crippen LogP contribution in [-0.2, 0) is 11.2 Å². The summed E-state index contributed by atoms with van der Waals surface area (Å²) in [5, 5.41) is 0. The number of esters is 1. The van der Waals surface area contributed by atoms with E-state index in [0.717, 1.165) is 24.8 Å². The van der Waals surface area contributed by atoms with Gasteiger partial charge in [-0.15, -0.1) is 0 Å². The largest absolute Gasteiger partial charge is 0.461 e. The van der Waals surface area contributed by atoms with Gasteiger partial charge >= 0.3 is 5.97 Å². The molecule has 0 amide bonds. The number of unbranched alkanes of at least 4 members (excludes halogenated alkanes) is 7. The number of carbonyl (C=O) groups is 1. The van der Waals surface area contributed by atoms with E-state index < -0.39 is 0 Å². The van der Waals surface area contributed by atoms with Gasteiger partial charge in [0, 0.05) is 6.20 Å². The third kappa shape index (κ3) is 7.26. The first-order valence-corrected chi connectivity index (χ1v) is 8.40. The summed E-state index contributed by atoms with van der Waals surface area (Å²) in [5.74, 6) is -0.282. The van der Waals surface area contributed by atoms with Crippen molar-refractivity contribution in [1.82, 2.24) is 4.98 Å². The van der Waals surface area contributed by atoms with Crippen LogP contribution in [0, 0.1) is 0 Å². The second-order valence-electron chi connectivity index (χ2n) is 5.48. The first-order chi connectivity index (χ1) is 10.3. The van der Waals surface area contributed by atoms with Crippen molar-refractivity contribution in [3.8, 4) is 0 Å². The summed E-state index contributed by atoms with van der Waals surface area (Å²) in [6.07, 6.45) is 12.4. The van der Waals surface area contributed by atoms with Gasteiger partial charge in [-0.3, -0.25) is 0 Å². The Bertz CT molecular complexity index is 404. The van der Waals surface area contributed by atoms with Crippen molar-refractivity contribution >= 4 is 5.97 Å². The van der Waals surface area contributed by atoms with E-state index in [1.807, 2.05) is 19.1 Å². The highest BCUT2D eigenvalue weighted by atomic mass is 16.5. The molecule has 0 unspecified atom stereocenters. The molecule has 0 saturated carbocycles. The first kappa shape index (κ1) is 17.7. The van der Waals surface area contributed by atoms with Gasteiger partial charge in [-0.25, -0.2) is 9.78 Å². The molecule has 1 heterocycles. The number of aryl methyl sites for hydroxylation is 1. The molecule has 0 fully saturated rings. The number of hydrogen-bond donors (Lipinski definition) is 0. The average Bonchev–Trinajstić information content (AvgIpc) is 2.53. The van der Waals surface area contributed by atoms with E-state index in [9.17, 15) is 4.79 Å². The second-order valence-corrected chi connectivity index (χ2v) is 5.48. The number of pyridine rings is 1. The Hall–Kier alpha value is -1.38. The van der Waals surface area contributed by atoms with Crippen molar-refractivity contribution in [2.24, 2.45) is 0 Å². The SMILES string of the molecule is CCCCCCCCCCOC(=O)c1ncccc1CC. The highest BCUT2D eigenvalue weighted by molar-refractivity contribution is 5.88. The van der Waals surface area contributed by atoms with E-state index in [-0.39, 0.29) is 5.97 Å². The number of nitrogens with zero attached hydrogens (tertiary/aromatic N) is 1. The van der Waals surface area contributed by atoms with Crippen LogP contribution in [0.15, 0.2) is 18.3 Å². The van der Waals surface area contributed by atoms with Crippen LogP contribution in [0.2, 0.25) is 0 Å². The zero-order chi connectivity index (χ0) is 15.3. The molecule has 21 heavy (non-hydrogen) atoms. The predicted molar refractivity (Wildman–Crippen MR) is 86.5 cm³/mol. The van der Waals surface area contributed by atoms with Gasteiger partial charge in [-0.1, -0.05) is 64.9 Å². The summed E-state index contributed by atoms with van der Waals surface area (Å²) in [4.78, 5) is 16.1. The molecule has 3 nitrogen and oxygen atoms in total. The third-order valence-electron chi connectivity index (χ3n) is 3.70. The molecular weight excluding hydrogens is 262 g/mol. The van der Waals surface area contributed by atoms with E-state index in [0.29, 0.717) is 12.3 Å². The molecule has 0 aliphatic heterocycles. The molecule has 118 valence electrons. The van der Waals surface area contributed by atoms with Gasteiger partial charge in [0.2, 0.25) is 0 Å². The molecule has 1 rings (SSSR count). The lowest BCUT2D eigenvalue weighted by atomic mass is 10.1. The van der Waals surface area contributed by atoms with Gasteiger partial charge in [0.15, 0.2) is 5.69 Å². The highest BCUT2D eigenvalue weighted by Crippen LogP contribution is 2.10. The lowest BCUT2D eigenvalue weighted by Gasteiger charge is -2.07. The summed E-state index contributed by atoms with van der Waals surface area (Å²) in [6.45, 7) is 4.76. The average molecular weight is 291 g/mol. The molecule has 0 N–H and O–H groups in total. The molecule has 1 aromatic heterocycles. The van der Waals surface area contributed by atoms with Gasteiger partial charge in [0.1, 0.15) is 0 Å². The Labute approximate surface area is 129 Å². The molecule has 0 aliphatic rings. The maximum absolute atomic E-state index is 11.9. The molecule has 0 spiro atoms. The molecule has 0 atom stereocenters. The van der Waals surface area contributed by atoms with Crippen LogP contribution in [-0.4, -0.2) is 17.6 Å². The quantitative estimate of drug-likeness (QED) is 0.428. The van der Waals surface area contributed by atoms with Gasteiger partial charge in [0.05, 0.1) is 6.61 Å². The van der Waals surface area contributed by atoms with Gasteiger partial charge in [-0.05, 0) is 24.5 Å². The van der Waals surface area contributed by atoms with Crippen molar-refractivity contribution in [1.29, 1.82) is 0 Å². The fourth-order valence-electron chi connectivity index (χ4n) is 2.38. The van der Waals surface area contributed by atoms with Gasteiger partial charge < -0.3 is 4.74 Å². The Morgan fingerprint density at radius 2 is 1.71 bits per heavy atom. The maximum Gasteiger partial charge on any atom is 0.357 e. The van der Waals surface area contributed by atoms with Crippen LogP contribution in [0.5, 0.6) is 0 Å². The van der Waals surface area contributed by atoms with Crippen LogP contribution >= 0.6 is 0 Å². The third-order valence-corrected chi connectivity index (χ3v) is 3.70. The second kappa shape index (κ2) is 11.3. The summed E-state index contributed by atoms with van der Waals surface area (Å²) >= 11 is 0. The Balaban J connectivity index is 2.11. The van der Waals surface area contributed by atoms with Crippen molar-refractivity contribution in [2.75, 3.05) is 6.61 Å². The van der Waals surface area contributed by atoms with E-state index in [4.69, 9.17) is 4.74 Å². The fraction of sp³-hybridized carbons (Fsp3) is 0.667. The predicted octanol–water partition coefficient (Wildman–Crippen LogP) is 4.94. The number of rotatable bonds is 11. The monoisotopic (exact) mass is 291 g/mol. The number of carbonyl (C=O) groups excluding carboxylic acids is 1. The van der Waals surface area contributed by atoms with Gasteiger partial charge in [-0.2, -0.15) is 0 Å². The van der Waals surface area contributed by atoms with Crippen molar-refractivity contribution in [3.63, 3.8) is 0 Å². The van der Waals surface area contributed by atoms with E-state index in [1.54, 1.807) is 6.20 Å². The lowest BCUT2D eigenvalue weighted by molar-refractivity contribution is 0.0489.